The van der Waals surface area contributed by atoms with Gasteiger partial charge in [-0.2, -0.15) is 0 Å². The van der Waals surface area contributed by atoms with Crippen molar-refractivity contribution in [2.45, 2.75) is 20.3 Å². The number of hydrogen-bond acceptors (Lipinski definition) is 0. The standard InChI is InChI=1S/C11H13B/c1-7-6-10-9(8(7)2)4-3-5-11(10)12/h3-5H,6,12H2,1-2H3. The van der Waals surface area contributed by atoms with Crippen molar-refractivity contribution in [3.8, 4) is 0 Å². The minimum absolute atomic E-state index is 1.16. The topological polar surface area (TPSA) is 0 Å². The second-order valence-corrected chi connectivity index (χ2v) is 3.68. The first-order valence-corrected chi connectivity index (χ1v) is 4.45. The van der Waals surface area contributed by atoms with Gasteiger partial charge in [-0.3, -0.25) is 0 Å². The molecule has 0 saturated carbocycles. The largest absolute Gasteiger partial charge is 0.139 e. The quantitative estimate of drug-likeness (QED) is 0.496. The number of rotatable bonds is 0. The van der Waals surface area contributed by atoms with Crippen molar-refractivity contribution in [3.63, 3.8) is 0 Å². The highest BCUT2D eigenvalue weighted by Crippen LogP contribution is 2.30. The normalized spacial score (nSPS) is 15.2. The fourth-order valence-corrected chi connectivity index (χ4v) is 1.92. The molecular weight excluding hydrogens is 143 g/mol. The lowest BCUT2D eigenvalue weighted by atomic mass is 9.87. The summed E-state index contributed by atoms with van der Waals surface area (Å²) in [5.74, 6) is 0. The van der Waals surface area contributed by atoms with Crippen molar-refractivity contribution < 1.29 is 0 Å². The summed E-state index contributed by atoms with van der Waals surface area (Å²) < 4.78 is 0. The van der Waals surface area contributed by atoms with Gasteiger partial charge in [0.1, 0.15) is 7.85 Å². The molecule has 0 saturated heterocycles. The number of benzene rings is 1. The molecule has 2 rings (SSSR count). The minimum Gasteiger partial charge on any atom is -0.0849 e. The summed E-state index contributed by atoms with van der Waals surface area (Å²) in [5.41, 5.74) is 7.44. The van der Waals surface area contributed by atoms with Crippen molar-refractivity contribution in [2.75, 3.05) is 0 Å². The maximum Gasteiger partial charge on any atom is 0.139 e. The van der Waals surface area contributed by atoms with Gasteiger partial charge in [-0.15, -0.1) is 0 Å². The van der Waals surface area contributed by atoms with Gasteiger partial charge in [-0.25, -0.2) is 0 Å². The molecule has 60 valence electrons. The molecule has 0 N–H and O–H groups in total. The molecule has 0 radical (unpaired) electrons. The van der Waals surface area contributed by atoms with Gasteiger partial charge in [0.25, 0.3) is 0 Å². The van der Waals surface area contributed by atoms with Gasteiger partial charge < -0.3 is 0 Å². The lowest BCUT2D eigenvalue weighted by Crippen LogP contribution is -2.09. The van der Waals surface area contributed by atoms with Crippen molar-refractivity contribution in [1.82, 2.24) is 0 Å². The van der Waals surface area contributed by atoms with Crippen molar-refractivity contribution in [1.29, 1.82) is 0 Å². The van der Waals surface area contributed by atoms with Crippen molar-refractivity contribution in [2.24, 2.45) is 0 Å². The van der Waals surface area contributed by atoms with Crippen LogP contribution in [0.2, 0.25) is 0 Å². The molecule has 1 aliphatic carbocycles. The van der Waals surface area contributed by atoms with Crippen LogP contribution >= 0.6 is 0 Å². The first-order valence-electron chi connectivity index (χ1n) is 4.45. The molecule has 0 heterocycles. The molecule has 0 spiro atoms. The Hall–Kier alpha value is -0.975. The van der Waals surface area contributed by atoms with Crippen LogP contribution < -0.4 is 5.46 Å². The molecule has 0 atom stereocenters. The summed E-state index contributed by atoms with van der Waals surface area (Å²) in [7, 11) is 2.20. The lowest BCUT2D eigenvalue weighted by molar-refractivity contribution is 1.20. The molecule has 1 heteroatoms. The fourth-order valence-electron chi connectivity index (χ4n) is 1.92. The molecular formula is C11H13B. The van der Waals surface area contributed by atoms with E-state index >= 15 is 0 Å². The Morgan fingerprint density at radius 1 is 1.25 bits per heavy atom. The molecule has 0 amide bonds. The minimum atomic E-state index is 1.16. The summed E-state index contributed by atoms with van der Waals surface area (Å²) >= 11 is 0. The third kappa shape index (κ3) is 0.928. The molecule has 0 aromatic heterocycles. The molecule has 1 aromatic rings. The van der Waals surface area contributed by atoms with Gasteiger partial charge in [0, 0.05) is 0 Å². The zero-order valence-electron chi connectivity index (χ0n) is 7.94. The first kappa shape index (κ1) is 7.66. The summed E-state index contributed by atoms with van der Waals surface area (Å²) in [5, 5.41) is 0. The SMILES string of the molecule is Bc1cccc2c1CC(C)=C2C. The Labute approximate surface area is 74.7 Å². The van der Waals surface area contributed by atoms with Crippen LogP contribution in [0.4, 0.5) is 0 Å². The highest BCUT2D eigenvalue weighted by atomic mass is 14.2. The summed E-state index contributed by atoms with van der Waals surface area (Å²) in [6.45, 7) is 4.45. The van der Waals surface area contributed by atoms with Crippen LogP contribution in [-0.2, 0) is 6.42 Å². The third-order valence-electron chi connectivity index (χ3n) is 2.90. The van der Waals surface area contributed by atoms with E-state index in [1.807, 2.05) is 0 Å². The van der Waals surface area contributed by atoms with E-state index in [0.29, 0.717) is 0 Å². The molecule has 0 fully saturated rings. The van der Waals surface area contributed by atoms with E-state index in [0.717, 1.165) is 6.42 Å². The van der Waals surface area contributed by atoms with Gasteiger partial charge in [-0.05, 0) is 37.0 Å². The highest BCUT2D eigenvalue weighted by Gasteiger charge is 2.15. The van der Waals surface area contributed by atoms with Crippen LogP contribution in [0.1, 0.15) is 25.0 Å². The Morgan fingerprint density at radius 3 is 2.67 bits per heavy atom. The molecule has 0 aliphatic heterocycles. The molecule has 1 aromatic carbocycles. The maximum absolute atomic E-state index is 2.23. The number of fused-ring (bicyclic) bond motifs is 1. The Balaban J connectivity index is 2.64. The predicted molar refractivity (Wildman–Crippen MR) is 56.6 cm³/mol. The van der Waals surface area contributed by atoms with E-state index in [9.17, 15) is 0 Å². The lowest BCUT2D eigenvalue weighted by Gasteiger charge is -2.03. The van der Waals surface area contributed by atoms with Gasteiger partial charge in [0.2, 0.25) is 0 Å². The second kappa shape index (κ2) is 2.51. The van der Waals surface area contributed by atoms with Crippen LogP contribution in [-0.4, -0.2) is 7.85 Å². The molecule has 0 bridgehead atoms. The van der Waals surface area contributed by atoms with E-state index in [2.05, 4.69) is 39.9 Å². The zero-order chi connectivity index (χ0) is 8.72. The molecule has 0 nitrogen and oxygen atoms in total. The second-order valence-electron chi connectivity index (χ2n) is 3.68. The van der Waals surface area contributed by atoms with Gasteiger partial charge >= 0.3 is 0 Å². The van der Waals surface area contributed by atoms with E-state index in [1.54, 1.807) is 0 Å². The Morgan fingerprint density at radius 2 is 2.00 bits per heavy atom. The molecule has 0 unspecified atom stereocenters. The number of allylic oxidation sites excluding steroid dienone is 2. The fraction of sp³-hybridized carbons (Fsp3) is 0.273. The van der Waals surface area contributed by atoms with Gasteiger partial charge in [-0.1, -0.05) is 29.2 Å². The summed E-state index contributed by atoms with van der Waals surface area (Å²) in [6, 6.07) is 6.58. The van der Waals surface area contributed by atoms with Gasteiger partial charge in [0.15, 0.2) is 0 Å². The Kier molecular flexibility index (Phi) is 1.60. The Bertz CT molecular complexity index is 361. The zero-order valence-corrected chi connectivity index (χ0v) is 7.94. The smallest absolute Gasteiger partial charge is 0.0849 e. The highest BCUT2D eigenvalue weighted by molar-refractivity contribution is 6.33. The van der Waals surface area contributed by atoms with Gasteiger partial charge in [0.05, 0.1) is 0 Å². The monoisotopic (exact) mass is 156 g/mol. The molecule has 12 heavy (non-hydrogen) atoms. The average Bonchev–Trinajstić information content (AvgIpc) is 2.32. The summed E-state index contributed by atoms with van der Waals surface area (Å²) in [4.78, 5) is 0. The average molecular weight is 156 g/mol. The van der Waals surface area contributed by atoms with E-state index in [4.69, 9.17) is 0 Å². The first-order chi connectivity index (χ1) is 5.70. The van der Waals surface area contributed by atoms with E-state index in [-0.39, 0.29) is 0 Å². The van der Waals surface area contributed by atoms with E-state index in [1.165, 1.54) is 27.7 Å². The van der Waals surface area contributed by atoms with Crippen LogP contribution in [0.3, 0.4) is 0 Å². The van der Waals surface area contributed by atoms with Crippen LogP contribution in [0.25, 0.3) is 5.57 Å². The van der Waals surface area contributed by atoms with E-state index < -0.39 is 0 Å². The van der Waals surface area contributed by atoms with Crippen molar-refractivity contribution in [3.05, 3.63) is 34.9 Å². The maximum atomic E-state index is 2.23. The number of hydrogen-bond donors (Lipinski definition) is 0. The van der Waals surface area contributed by atoms with Crippen LogP contribution in [0, 0.1) is 0 Å². The summed E-state index contributed by atoms with van der Waals surface area (Å²) in [6.07, 6.45) is 1.16. The molecule has 1 aliphatic rings. The van der Waals surface area contributed by atoms with Crippen molar-refractivity contribution >= 4 is 18.9 Å². The predicted octanol–water partition coefficient (Wildman–Crippen LogP) is 1.29. The third-order valence-corrected chi connectivity index (χ3v) is 2.90. The van der Waals surface area contributed by atoms with Crippen LogP contribution in [0.15, 0.2) is 23.8 Å². The van der Waals surface area contributed by atoms with Crippen LogP contribution in [0.5, 0.6) is 0 Å².